The first-order valence-electron chi connectivity index (χ1n) is 6.61. The highest BCUT2D eigenvalue weighted by atomic mass is 32.1. The average molecular weight is 279 g/mol. The van der Waals surface area contributed by atoms with Crippen molar-refractivity contribution in [3.05, 3.63) is 29.8 Å². The maximum Gasteiger partial charge on any atom is 0.185 e. The summed E-state index contributed by atoms with van der Waals surface area (Å²) >= 11 is 5.38. The molecule has 1 heterocycles. The molecule has 0 amide bonds. The smallest absolute Gasteiger partial charge is 0.185 e. The number of nitrogens with zero attached hydrogens (tertiary/aromatic N) is 1. The van der Waals surface area contributed by atoms with Gasteiger partial charge in [-0.25, -0.2) is 5.43 Å². The van der Waals surface area contributed by atoms with E-state index in [0.29, 0.717) is 0 Å². The number of unbranched alkanes of at least 4 members (excludes halogenated alkanes) is 1. The molecule has 5 heteroatoms. The van der Waals surface area contributed by atoms with E-state index in [9.17, 15) is 0 Å². The van der Waals surface area contributed by atoms with E-state index >= 15 is 0 Å². The minimum absolute atomic E-state index is 0.350. The summed E-state index contributed by atoms with van der Waals surface area (Å²) in [5.74, 6) is 0.857. The number of hydrogen-bond donors (Lipinski definition) is 2. The molecular formula is C14H21N3OS. The molecular weight excluding hydrogens is 258 g/mol. The molecule has 0 unspecified atom stereocenters. The lowest BCUT2D eigenvalue weighted by Crippen LogP contribution is -2.45. The summed E-state index contributed by atoms with van der Waals surface area (Å²) in [6.07, 6.45) is 2.27. The van der Waals surface area contributed by atoms with Crippen LogP contribution in [0.3, 0.4) is 0 Å². The van der Waals surface area contributed by atoms with Gasteiger partial charge in [0, 0.05) is 6.54 Å². The van der Waals surface area contributed by atoms with Crippen LogP contribution in [0.5, 0.6) is 5.75 Å². The highest BCUT2D eigenvalue weighted by molar-refractivity contribution is 7.80. The predicted molar refractivity (Wildman–Crippen MR) is 80.8 cm³/mol. The fourth-order valence-electron chi connectivity index (χ4n) is 2.16. The minimum Gasteiger partial charge on any atom is -0.497 e. The molecule has 1 saturated heterocycles. The van der Waals surface area contributed by atoms with Crippen molar-refractivity contribution in [2.24, 2.45) is 0 Å². The van der Waals surface area contributed by atoms with Gasteiger partial charge in [0.25, 0.3) is 0 Å². The second-order valence-electron chi connectivity index (χ2n) is 4.90. The van der Waals surface area contributed by atoms with E-state index < -0.39 is 0 Å². The summed E-state index contributed by atoms with van der Waals surface area (Å²) in [4.78, 5) is 0. The van der Waals surface area contributed by atoms with Crippen molar-refractivity contribution in [1.82, 2.24) is 15.8 Å². The van der Waals surface area contributed by atoms with Crippen molar-refractivity contribution >= 4 is 17.3 Å². The van der Waals surface area contributed by atoms with Crippen LogP contribution in [0.1, 0.15) is 32.3 Å². The van der Waals surface area contributed by atoms with E-state index in [-0.39, 0.29) is 5.66 Å². The lowest BCUT2D eigenvalue weighted by molar-refractivity contribution is 0.233. The van der Waals surface area contributed by atoms with Crippen LogP contribution < -0.4 is 15.5 Å². The van der Waals surface area contributed by atoms with Crippen LogP contribution >= 0.6 is 12.2 Å². The summed E-state index contributed by atoms with van der Waals surface area (Å²) in [5.41, 5.74) is 4.23. The first-order chi connectivity index (χ1) is 9.09. The van der Waals surface area contributed by atoms with Crippen molar-refractivity contribution < 1.29 is 4.74 Å². The lowest BCUT2D eigenvalue weighted by Gasteiger charge is -2.26. The second-order valence-corrected chi connectivity index (χ2v) is 5.29. The van der Waals surface area contributed by atoms with Gasteiger partial charge < -0.3 is 10.1 Å². The van der Waals surface area contributed by atoms with Crippen LogP contribution in [0, 0.1) is 0 Å². The van der Waals surface area contributed by atoms with Crippen molar-refractivity contribution in [2.75, 3.05) is 13.7 Å². The Kier molecular flexibility index (Phi) is 4.27. The fourth-order valence-corrected chi connectivity index (χ4v) is 2.51. The molecule has 1 aromatic carbocycles. The third-order valence-corrected chi connectivity index (χ3v) is 3.69. The van der Waals surface area contributed by atoms with Crippen LogP contribution in [-0.4, -0.2) is 23.8 Å². The van der Waals surface area contributed by atoms with Crippen LogP contribution in [0.15, 0.2) is 24.3 Å². The fraction of sp³-hybridized carbons (Fsp3) is 0.500. The van der Waals surface area contributed by atoms with Crippen LogP contribution in [0.2, 0.25) is 0 Å². The maximum absolute atomic E-state index is 5.38. The van der Waals surface area contributed by atoms with E-state index in [1.807, 2.05) is 29.3 Å². The standard InChI is InChI=1S/C14H21N3OS/c1-4-5-10-17-13(19)15-14(2,16-17)11-6-8-12(18-3)9-7-11/h6-9,16H,4-5,10H2,1-3H3,(H,15,19)/t14-/m0/s1. The molecule has 2 rings (SSSR count). The molecule has 1 atom stereocenters. The number of rotatable bonds is 5. The topological polar surface area (TPSA) is 36.5 Å². The molecule has 4 nitrogen and oxygen atoms in total. The van der Waals surface area contributed by atoms with Crippen molar-refractivity contribution in [3.8, 4) is 5.75 Å². The molecule has 0 spiro atoms. The van der Waals surface area contributed by atoms with Gasteiger partial charge >= 0.3 is 0 Å². The van der Waals surface area contributed by atoms with Crippen molar-refractivity contribution in [2.45, 2.75) is 32.4 Å². The second kappa shape index (κ2) is 5.75. The largest absolute Gasteiger partial charge is 0.497 e. The van der Waals surface area contributed by atoms with Gasteiger partial charge in [-0.15, -0.1) is 0 Å². The van der Waals surface area contributed by atoms with Crippen molar-refractivity contribution in [1.29, 1.82) is 0 Å². The summed E-state index contributed by atoms with van der Waals surface area (Å²) < 4.78 is 5.18. The molecule has 1 aliphatic rings. The number of hydrogen-bond acceptors (Lipinski definition) is 3. The zero-order chi connectivity index (χ0) is 13.9. The molecule has 0 saturated carbocycles. The number of ether oxygens (including phenoxy) is 1. The number of methoxy groups -OCH3 is 1. The minimum atomic E-state index is -0.350. The Hall–Kier alpha value is -1.33. The van der Waals surface area contributed by atoms with Crippen LogP contribution in [-0.2, 0) is 5.66 Å². The highest BCUT2D eigenvalue weighted by Gasteiger charge is 2.36. The first-order valence-corrected chi connectivity index (χ1v) is 7.02. The van der Waals surface area contributed by atoms with Gasteiger partial charge in [-0.2, -0.15) is 0 Å². The Morgan fingerprint density at radius 2 is 2.00 bits per heavy atom. The maximum atomic E-state index is 5.38. The van der Waals surface area contributed by atoms with Gasteiger partial charge in [-0.1, -0.05) is 25.5 Å². The van der Waals surface area contributed by atoms with E-state index in [2.05, 4.69) is 24.6 Å². The van der Waals surface area contributed by atoms with E-state index in [0.717, 1.165) is 35.8 Å². The Morgan fingerprint density at radius 3 is 2.58 bits per heavy atom. The van der Waals surface area contributed by atoms with Crippen molar-refractivity contribution in [3.63, 3.8) is 0 Å². The van der Waals surface area contributed by atoms with Crippen LogP contribution in [0.25, 0.3) is 0 Å². The average Bonchev–Trinajstić information content (AvgIpc) is 2.72. The molecule has 1 aromatic rings. The molecule has 0 bridgehead atoms. The zero-order valence-corrected chi connectivity index (χ0v) is 12.5. The predicted octanol–water partition coefficient (Wildman–Crippen LogP) is 2.36. The zero-order valence-electron chi connectivity index (χ0n) is 11.7. The molecule has 104 valence electrons. The third-order valence-electron chi connectivity index (χ3n) is 3.36. The SMILES string of the molecule is CCCCN1N[C@@](C)(c2ccc(OC)cc2)NC1=S. The summed E-state index contributed by atoms with van der Waals surface area (Å²) in [6.45, 7) is 5.19. The Morgan fingerprint density at radius 1 is 1.32 bits per heavy atom. The van der Waals surface area contributed by atoms with Gasteiger partial charge in [-0.05, 0) is 43.3 Å². The molecule has 19 heavy (non-hydrogen) atoms. The molecule has 0 aliphatic carbocycles. The Bertz CT molecular complexity index is 449. The molecule has 1 fully saturated rings. The normalized spacial score (nSPS) is 22.5. The Labute approximate surface area is 120 Å². The molecule has 0 radical (unpaired) electrons. The number of benzene rings is 1. The molecule has 2 N–H and O–H groups in total. The van der Waals surface area contributed by atoms with Gasteiger partial charge in [0.15, 0.2) is 5.11 Å². The Balaban J connectivity index is 2.12. The van der Waals surface area contributed by atoms with Gasteiger partial charge in [0.2, 0.25) is 0 Å². The quantitative estimate of drug-likeness (QED) is 0.809. The van der Waals surface area contributed by atoms with Gasteiger partial charge in [0.1, 0.15) is 11.4 Å². The lowest BCUT2D eigenvalue weighted by atomic mass is 10.0. The first kappa shape index (κ1) is 14.1. The van der Waals surface area contributed by atoms with Crippen LogP contribution in [0.4, 0.5) is 0 Å². The molecule has 0 aromatic heterocycles. The highest BCUT2D eigenvalue weighted by Crippen LogP contribution is 2.25. The van der Waals surface area contributed by atoms with E-state index in [4.69, 9.17) is 17.0 Å². The monoisotopic (exact) mass is 279 g/mol. The van der Waals surface area contributed by atoms with E-state index in [1.165, 1.54) is 0 Å². The summed E-state index contributed by atoms with van der Waals surface area (Å²) in [7, 11) is 1.67. The van der Waals surface area contributed by atoms with E-state index in [1.54, 1.807) is 7.11 Å². The number of hydrazine groups is 1. The summed E-state index contributed by atoms with van der Waals surface area (Å²) in [6, 6.07) is 8.01. The third kappa shape index (κ3) is 2.98. The van der Waals surface area contributed by atoms with Gasteiger partial charge in [0.05, 0.1) is 7.11 Å². The molecule has 1 aliphatic heterocycles. The number of nitrogens with one attached hydrogen (secondary N) is 2. The van der Waals surface area contributed by atoms with Gasteiger partial charge in [-0.3, -0.25) is 5.01 Å². The summed E-state index contributed by atoms with van der Waals surface area (Å²) in [5, 5.41) is 6.12. The number of thiocarbonyl (C=S) groups is 1.